The summed E-state index contributed by atoms with van der Waals surface area (Å²) in [5.41, 5.74) is 1.43. The maximum Gasteiger partial charge on any atom is 0.246 e. The summed E-state index contributed by atoms with van der Waals surface area (Å²) in [5.74, 6) is -0.834. The van der Waals surface area contributed by atoms with Crippen molar-refractivity contribution >= 4 is 27.7 Å². The largest absolute Gasteiger partial charge is 0.273 e. The van der Waals surface area contributed by atoms with Crippen LogP contribution in [0.2, 0.25) is 0 Å². The van der Waals surface area contributed by atoms with Gasteiger partial charge in [0.1, 0.15) is 5.69 Å². The molecule has 1 heterocycles. The van der Waals surface area contributed by atoms with Gasteiger partial charge in [0, 0.05) is 23.9 Å². The summed E-state index contributed by atoms with van der Waals surface area (Å²) in [5, 5.41) is 8.66. The van der Waals surface area contributed by atoms with E-state index in [0.717, 1.165) is 19.8 Å². The molecule has 0 unspecified atom stereocenters. The third-order valence-electron chi connectivity index (χ3n) is 2.42. The molecule has 0 saturated carbocycles. The molecule has 0 aliphatic carbocycles. The molecule has 0 aliphatic rings. The van der Waals surface area contributed by atoms with E-state index in [9.17, 15) is 9.59 Å². The number of carbonyl (C=O) groups excluding carboxylic acids is 2. The van der Waals surface area contributed by atoms with Gasteiger partial charge in [-0.05, 0) is 17.3 Å². The highest BCUT2D eigenvalue weighted by Crippen LogP contribution is 2.19. The zero-order valence-electron chi connectivity index (χ0n) is 10.4. The number of imide groups is 1. The number of hydrogen-bond donors (Lipinski definition) is 0. The van der Waals surface area contributed by atoms with Crippen molar-refractivity contribution in [2.24, 2.45) is 0 Å². The Kier molecular flexibility index (Phi) is 3.75. The van der Waals surface area contributed by atoms with Crippen molar-refractivity contribution < 1.29 is 9.59 Å². The van der Waals surface area contributed by atoms with Gasteiger partial charge in [-0.15, -0.1) is 9.89 Å². The number of aromatic nitrogens is 3. The number of nitrogens with zero attached hydrogens (tertiary/aromatic N) is 4. The monoisotopic (exact) mass is 322 g/mol. The van der Waals surface area contributed by atoms with Crippen LogP contribution in [-0.2, 0) is 9.59 Å². The molecule has 2 rings (SSSR count). The van der Waals surface area contributed by atoms with Crippen molar-refractivity contribution in [3.8, 4) is 11.3 Å². The summed E-state index contributed by atoms with van der Waals surface area (Å²) in [7, 11) is 0. The van der Waals surface area contributed by atoms with Gasteiger partial charge in [-0.1, -0.05) is 28.1 Å². The maximum atomic E-state index is 11.4. The molecule has 98 valence electrons. The normalized spacial score (nSPS) is 10.3. The smallest absolute Gasteiger partial charge is 0.246 e. The SMILES string of the molecule is CC(=O)N(C(C)=O)n1cc(-c2ccc(Br)cc2)nn1. The Morgan fingerprint density at radius 3 is 2.26 bits per heavy atom. The predicted molar refractivity (Wildman–Crippen MR) is 72.7 cm³/mol. The van der Waals surface area contributed by atoms with Gasteiger partial charge in [0.05, 0.1) is 6.20 Å². The molecule has 0 radical (unpaired) electrons. The molecule has 0 N–H and O–H groups in total. The van der Waals surface area contributed by atoms with Crippen LogP contribution in [0.4, 0.5) is 0 Å². The highest BCUT2D eigenvalue weighted by Gasteiger charge is 2.18. The Morgan fingerprint density at radius 2 is 1.74 bits per heavy atom. The Balaban J connectivity index is 2.35. The van der Waals surface area contributed by atoms with E-state index < -0.39 is 11.8 Å². The Morgan fingerprint density at radius 1 is 1.16 bits per heavy atom. The summed E-state index contributed by atoms with van der Waals surface area (Å²) in [6, 6.07) is 7.48. The highest BCUT2D eigenvalue weighted by molar-refractivity contribution is 9.10. The van der Waals surface area contributed by atoms with Crippen molar-refractivity contribution in [1.82, 2.24) is 15.1 Å². The number of amides is 2. The first kappa shape index (κ1) is 13.4. The number of rotatable bonds is 2. The van der Waals surface area contributed by atoms with E-state index in [2.05, 4.69) is 26.2 Å². The molecule has 0 atom stereocenters. The second-order valence-corrected chi connectivity index (χ2v) is 4.80. The van der Waals surface area contributed by atoms with E-state index in [1.54, 1.807) is 0 Å². The maximum absolute atomic E-state index is 11.4. The first-order valence-electron chi connectivity index (χ1n) is 5.49. The lowest BCUT2D eigenvalue weighted by Gasteiger charge is -2.14. The first-order chi connectivity index (χ1) is 8.99. The van der Waals surface area contributed by atoms with Crippen molar-refractivity contribution in [3.63, 3.8) is 0 Å². The Labute approximate surface area is 118 Å². The van der Waals surface area contributed by atoms with E-state index >= 15 is 0 Å². The molecule has 1 aromatic heterocycles. The van der Waals surface area contributed by atoms with Crippen molar-refractivity contribution in [3.05, 3.63) is 34.9 Å². The average Bonchev–Trinajstić information content (AvgIpc) is 2.78. The van der Waals surface area contributed by atoms with E-state index in [1.807, 2.05) is 24.3 Å². The average molecular weight is 323 g/mol. The van der Waals surface area contributed by atoms with Crippen LogP contribution < -0.4 is 5.01 Å². The van der Waals surface area contributed by atoms with E-state index in [1.165, 1.54) is 20.0 Å². The summed E-state index contributed by atoms with van der Waals surface area (Å²) in [6.45, 7) is 2.59. The second-order valence-electron chi connectivity index (χ2n) is 3.88. The van der Waals surface area contributed by atoms with Crippen molar-refractivity contribution in [2.75, 3.05) is 5.01 Å². The molecule has 2 amide bonds. The lowest BCUT2D eigenvalue weighted by Crippen LogP contribution is -2.43. The summed E-state index contributed by atoms with van der Waals surface area (Å²) in [6.07, 6.45) is 1.53. The van der Waals surface area contributed by atoms with Gasteiger partial charge in [-0.3, -0.25) is 9.59 Å². The Hall–Kier alpha value is -2.02. The fourth-order valence-corrected chi connectivity index (χ4v) is 1.88. The minimum absolute atomic E-state index is 0.417. The lowest BCUT2D eigenvalue weighted by atomic mass is 10.2. The molecule has 2 aromatic rings. The minimum Gasteiger partial charge on any atom is -0.273 e. The predicted octanol–water partition coefficient (Wildman–Crippen LogP) is 1.74. The van der Waals surface area contributed by atoms with Crippen LogP contribution in [0.1, 0.15) is 13.8 Å². The standard InChI is InChI=1S/C12H11BrN4O2/c1-8(18)17(9(2)19)16-7-12(14-15-16)10-3-5-11(13)6-4-10/h3-7H,1-2H3. The van der Waals surface area contributed by atoms with Gasteiger partial charge >= 0.3 is 0 Å². The van der Waals surface area contributed by atoms with Gasteiger partial charge in [-0.25, -0.2) is 0 Å². The Bertz CT molecular complexity index is 607. The van der Waals surface area contributed by atoms with Crippen LogP contribution in [0.3, 0.4) is 0 Å². The number of hydrogen-bond acceptors (Lipinski definition) is 4. The van der Waals surface area contributed by atoms with Crippen LogP contribution in [0.15, 0.2) is 34.9 Å². The third-order valence-corrected chi connectivity index (χ3v) is 2.95. The van der Waals surface area contributed by atoms with Crippen LogP contribution in [0, 0.1) is 0 Å². The molecule has 0 aliphatic heterocycles. The molecule has 19 heavy (non-hydrogen) atoms. The van der Waals surface area contributed by atoms with E-state index in [0.29, 0.717) is 5.69 Å². The van der Waals surface area contributed by atoms with Crippen LogP contribution in [0.25, 0.3) is 11.3 Å². The molecule has 6 nitrogen and oxygen atoms in total. The van der Waals surface area contributed by atoms with Gasteiger partial charge in [0.2, 0.25) is 11.8 Å². The molecule has 7 heteroatoms. The summed E-state index contributed by atoms with van der Waals surface area (Å²) < 4.78 is 0.956. The summed E-state index contributed by atoms with van der Waals surface area (Å²) >= 11 is 3.35. The highest BCUT2D eigenvalue weighted by atomic mass is 79.9. The van der Waals surface area contributed by atoms with Gasteiger partial charge in [0.25, 0.3) is 0 Å². The first-order valence-corrected chi connectivity index (χ1v) is 6.28. The number of benzene rings is 1. The zero-order chi connectivity index (χ0) is 14.0. The molecular formula is C12H11BrN4O2. The topological polar surface area (TPSA) is 68.1 Å². The van der Waals surface area contributed by atoms with Gasteiger partial charge < -0.3 is 0 Å². The molecule has 0 fully saturated rings. The fourth-order valence-electron chi connectivity index (χ4n) is 1.62. The van der Waals surface area contributed by atoms with E-state index in [-0.39, 0.29) is 0 Å². The third kappa shape index (κ3) is 2.87. The van der Waals surface area contributed by atoms with E-state index in [4.69, 9.17) is 0 Å². The molecule has 0 bridgehead atoms. The van der Waals surface area contributed by atoms with Gasteiger partial charge in [0.15, 0.2) is 0 Å². The molecule has 0 spiro atoms. The second kappa shape index (κ2) is 5.31. The van der Waals surface area contributed by atoms with Crippen molar-refractivity contribution in [2.45, 2.75) is 13.8 Å². The minimum atomic E-state index is -0.417. The fraction of sp³-hybridized carbons (Fsp3) is 0.167. The zero-order valence-corrected chi connectivity index (χ0v) is 12.0. The summed E-state index contributed by atoms with van der Waals surface area (Å²) in [4.78, 5) is 23.9. The van der Waals surface area contributed by atoms with Gasteiger partial charge in [-0.2, -0.15) is 5.01 Å². The number of halogens is 1. The molecule has 0 saturated heterocycles. The quantitative estimate of drug-likeness (QED) is 0.844. The lowest BCUT2D eigenvalue weighted by molar-refractivity contribution is -0.126. The van der Waals surface area contributed by atoms with Crippen molar-refractivity contribution in [1.29, 1.82) is 0 Å². The van der Waals surface area contributed by atoms with Crippen LogP contribution in [-0.4, -0.2) is 26.9 Å². The molecular weight excluding hydrogens is 312 g/mol. The number of carbonyl (C=O) groups is 2. The van der Waals surface area contributed by atoms with Crippen LogP contribution in [0.5, 0.6) is 0 Å². The van der Waals surface area contributed by atoms with Crippen LogP contribution >= 0.6 is 15.9 Å². The molecule has 1 aromatic carbocycles.